The number of aliphatic carboxylic acids is 1. The molecule has 1 aromatic heterocycles. The van der Waals surface area contributed by atoms with Crippen LogP contribution in [0.1, 0.15) is 80.0 Å². The molecule has 4 aliphatic rings. The highest BCUT2D eigenvalue weighted by molar-refractivity contribution is 5.86. The molecule has 0 amide bonds. The van der Waals surface area contributed by atoms with E-state index in [1.54, 1.807) is 0 Å². The van der Waals surface area contributed by atoms with Crippen LogP contribution in [-0.2, 0) is 10.2 Å². The number of hydrogen-bond donors (Lipinski definition) is 2. The second-order valence-corrected chi connectivity index (χ2v) is 11.5. The van der Waals surface area contributed by atoms with Crippen LogP contribution in [0.2, 0.25) is 0 Å². The van der Waals surface area contributed by atoms with E-state index in [4.69, 9.17) is 4.52 Å². The van der Waals surface area contributed by atoms with Gasteiger partial charge in [-0.25, -0.2) is 0 Å². The molecule has 2 aromatic rings. The topological polar surface area (TPSA) is 78.6 Å². The molecule has 2 aliphatic carbocycles. The van der Waals surface area contributed by atoms with Crippen molar-refractivity contribution in [2.45, 2.75) is 77.2 Å². The minimum Gasteiger partial charge on any atom is -0.481 e. The van der Waals surface area contributed by atoms with Crippen LogP contribution in [0.4, 0.5) is 0 Å². The lowest BCUT2D eigenvalue weighted by Crippen LogP contribution is -2.37. The van der Waals surface area contributed by atoms with Gasteiger partial charge in [0.05, 0.1) is 17.2 Å². The van der Waals surface area contributed by atoms with Crippen LogP contribution in [-0.4, -0.2) is 33.7 Å². The number of hydrogen-bond acceptors (Lipinski definition) is 5. The first-order valence-corrected chi connectivity index (χ1v) is 13.2. The lowest BCUT2D eigenvalue weighted by Gasteiger charge is -2.38. The maximum absolute atomic E-state index is 11.8. The molecule has 1 atom stereocenters. The summed E-state index contributed by atoms with van der Waals surface area (Å²) in [7, 11) is 0. The van der Waals surface area contributed by atoms with Crippen molar-refractivity contribution < 1.29 is 14.4 Å². The Balaban J connectivity index is 1.35. The molecular formula is C30H35N3O3. The highest BCUT2D eigenvalue weighted by atomic mass is 16.5. The average molecular weight is 486 g/mol. The number of carbonyl (C=O) groups is 1. The summed E-state index contributed by atoms with van der Waals surface area (Å²) in [6, 6.07) is 8.28. The first kappa shape index (κ1) is 23.1. The summed E-state index contributed by atoms with van der Waals surface area (Å²) in [5.74, 6) is 0.120. The van der Waals surface area contributed by atoms with Gasteiger partial charge in [-0.05, 0) is 62.1 Å². The van der Waals surface area contributed by atoms with Gasteiger partial charge in [-0.2, -0.15) is 0 Å². The Labute approximate surface area is 212 Å². The molecule has 2 aliphatic heterocycles. The van der Waals surface area contributed by atoms with E-state index in [-0.39, 0.29) is 6.04 Å². The number of aromatic nitrogens is 1. The van der Waals surface area contributed by atoms with Crippen molar-refractivity contribution in [2.24, 2.45) is 5.41 Å². The molecule has 0 radical (unpaired) electrons. The summed E-state index contributed by atoms with van der Waals surface area (Å²) in [4.78, 5) is 14.3. The van der Waals surface area contributed by atoms with Gasteiger partial charge in [-0.15, -0.1) is 0 Å². The van der Waals surface area contributed by atoms with E-state index in [0.29, 0.717) is 5.41 Å². The Hall–Kier alpha value is -3.28. The molecule has 3 heterocycles. The van der Waals surface area contributed by atoms with Crippen molar-refractivity contribution >= 4 is 17.1 Å². The molecular weight excluding hydrogens is 450 g/mol. The largest absolute Gasteiger partial charge is 0.481 e. The Morgan fingerprint density at radius 1 is 1.14 bits per heavy atom. The van der Waals surface area contributed by atoms with Crippen LogP contribution in [0.5, 0.6) is 0 Å². The van der Waals surface area contributed by atoms with Crippen molar-refractivity contribution in [1.82, 2.24) is 15.4 Å². The van der Waals surface area contributed by atoms with Gasteiger partial charge in [-0.3, -0.25) is 4.79 Å². The van der Waals surface area contributed by atoms with E-state index in [0.717, 1.165) is 53.1 Å². The molecule has 6 rings (SSSR count). The summed E-state index contributed by atoms with van der Waals surface area (Å²) >= 11 is 0. The van der Waals surface area contributed by atoms with E-state index in [2.05, 4.69) is 52.9 Å². The molecule has 6 nitrogen and oxygen atoms in total. The number of fused-ring (bicyclic) bond motifs is 1. The number of dihydropyridines is 1. The third kappa shape index (κ3) is 3.78. The zero-order valence-corrected chi connectivity index (χ0v) is 21.4. The van der Waals surface area contributed by atoms with E-state index in [9.17, 15) is 9.90 Å². The molecule has 2 fully saturated rings. The predicted octanol–water partition coefficient (Wildman–Crippen LogP) is 5.93. The number of aryl methyl sites for hydroxylation is 2. The molecule has 188 valence electrons. The minimum absolute atomic E-state index is 0.0571. The summed E-state index contributed by atoms with van der Waals surface area (Å²) in [5.41, 5.74) is 7.19. The van der Waals surface area contributed by atoms with Gasteiger partial charge in [0.1, 0.15) is 5.76 Å². The predicted molar refractivity (Wildman–Crippen MR) is 140 cm³/mol. The number of rotatable bonds is 6. The fourth-order valence-corrected chi connectivity index (χ4v) is 6.48. The van der Waals surface area contributed by atoms with Gasteiger partial charge in [0.2, 0.25) is 0 Å². The maximum atomic E-state index is 11.8. The molecule has 1 unspecified atom stereocenters. The fraction of sp³-hybridized carbons (Fsp3) is 0.467. The van der Waals surface area contributed by atoms with Gasteiger partial charge in [-0.1, -0.05) is 55.6 Å². The van der Waals surface area contributed by atoms with Gasteiger partial charge in [0.15, 0.2) is 0 Å². The molecule has 0 bridgehead atoms. The number of carboxylic acid groups (broad SMARTS) is 1. The van der Waals surface area contributed by atoms with Crippen LogP contribution in [0.3, 0.4) is 0 Å². The van der Waals surface area contributed by atoms with Crippen molar-refractivity contribution in [3.63, 3.8) is 0 Å². The molecule has 0 saturated heterocycles. The van der Waals surface area contributed by atoms with E-state index < -0.39 is 11.4 Å². The summed E-state index contributed by atoms with van der Waals surface area (Å²) in [5, 5.41) is 17.5. The van der Waals surface area contributed by atoms with Gasteiger partial charge < -0.3 is 19.8 Å². The first-order valence-electron chi connectivity index (χ1n) is 13.2. The van der Waals surface area contributed by atoms with Gasteiger partial charge in [0.25, 0.3) is 0 Å². The maximum Gasteiger partial charge on any atom is 0.314 e. The van der Waals surface area contributed by atoms with E-state index in [1.807, 2.05) is 26.0 Å². The Morgan fingerprint density at radius 2 is 1.86 bits per heavy atom. The molecule has 2 saturated carbocycles. The van der Waals surface area contributed by atoms with Crippen LogP contribution in [0.25, 0.3) is 11.1 Å². The summed E-state index contributed by atoms with van der Waals surface area (Å²) < 4.78 is 5.46. The van der Waals surface area contributed by atoms with Crippen molar-refractivity contribution in [1.29, 1.82) is 0 Å². The first-order chi connectivity index (χ1) is 17.3. The number of carboxylic acids is 1. The normalized spacial score (nSPS) is 23.8. The number of nitrogens with one attached hydrogen (secondary N) is 1. The lowest BCUT2D eigenvalue weighted by atomic mass is 9.75. The lowest BCUT2D eigenvalue weighted by molar-refractivity contribution is -0.140. The van der Waals surface area contributed by atoms with Crippen LogP contribution >= 0.6 is 0 Å². The highest BCUT2D eigenvalue weighted by Gasteiger charge is 2.51. The standard InChI is InChI=1S/C30H35N3O3/c1-19-26(20(2)36-32-19)22-15-25-27(31-16-22)24(17-33(25)18-29(3)11-5-4-6-12-29)21-7-9-23(10-8-21)30(13-14-30)28(34)35/h7-10,15-17,27,31H,4-6,11-14,18H2,1-3H3,(H,34,35). The monoisotopic (exact) mass is 485 g/mol. The zero-order chi connectivity index (χ0) is 25.1. The second-order valence-electron chi connectivity index (χ2n) is 11.5. The third-order valence-corrected chi connectivity index (χ3v) is 8.81. The molecule has 0 spiro atoms. The van der Waals surface area contributed by atoms with Crippen LogP contribution < -0.4 is 5.32 Å². The Bertz CT molecular complexity index is 1270. The Kier molecular flexibility index (Phi) is 5.39. The molecule has 36 heavy (non-hydrogen) atoms. The number of benzene rings is 1. The van der Waals surface area contributed by atoms with Crippen molar-refractivity contribution in [3.05, 3.63) is 76.6 Å². The number of nitrogens with zero attached hydrogens (tertiary/aromatic N) is 2. The Morgan fingerprint density at radius 3 is 2.47 bits per heavy atom. The SMILES string of the molecule is Cc1noc(C)c1C1=CNC2C(c3ccc(C4(C(=O)O)CC4)cc3)=CN(CC3(C)CCCCC3)C2=C1. The van der Waals surface area contributed by atoms with Gasteiger partial charge >= 0.3 is 5.97 Å². The van der Waals surface area contributed by atoms with Crippen molar-refractivity contribution in [2.75, 3.05) is 6.54 Å². The van der Waals surface area contributed by atoms with Crippen molar-refractivity contribution in [3.8, 4) is 0 Å². The number of allylic oxidation sites excluding steroid dienone is 2. The minimum atomic E-state index is -0.710. The average Bonchev–Trinajstić information content (AvgIpc) is 3.53. The smallest absolute Gasteiger partial charge is 0.314 e. The highest BCUT2D eigenvalue weighted by Crippen LogP contribution is 2.49. The fourth-order valence-electron chi connectivity index (χ4n) is 6.48. The third-order valence-electron chi connectivity index (χ3n) is 8.81. The summed E-state index contributed by atoms with van der Waals surface area (Å²) in [6.07, 6.45) is 14.6. The molecule has 2 N–H and O–H groups in total. The van der Waals surface area contributed by atoms with E-state index in [1.165, 1.54) is 43.4 Å². The van der Waals surface area contributed by atoms with E-state index >= 15 is 0 Å². The molecule has 1 aromatic carbocycles. The summed E-state index contributed by atoms with van der Waals surface area (Å²) in [6.45, 7) is 7.38. The molecule has 6 heteroatoms. The van der Waals surface area contributed by atoms with Crippen LogP contribution in [0.15, 0.2) is 53.0 Å². The van der Waals surface area contributed by atoms with Crippen LogP contribution in [0, 0.1) is 19.3 Å². The quantitative estimate of drug-likeness (QED) is 0.528. The second kappa shape index (κ2) is 8.39. The van der Waals surface area contributed by atoms with Gasteiger partial charge in [0, 0.05) is 41.4 Å². The zero-order valence-electron chi connectivity index (χ0n) is 21.4.